The molecule has 1 aromatic carbocycles. The molecule has 0 aliphatic rings. The second kappa shape index (κ2) is 12.9. The fourth-order valence-corrected chi connectivity index (χ4v) is 4.74. The molecule has 12 nitrogen and oxygen atoms in total. The minimum atomic E-state index is -2.72. The third-order valence-corrected chi connectivity index (χ3v) is 6.89. The Kier molecular flexibility index (Phi) is 10.3. The molecule has 0 bridgehead atoms. The molecule has 0 radical (unpaired) electrons. The van der Waals surface area contributed by atoms with Crippen LogP contribution in [0.15, 0.2) is 35.3 Å². The molecule has 0 spiro atoms. The maximum Gasteiger partial charge on any atom is 0.335 e. The molecule has 0 fully saturated rings. The van der Waals surface area contributed by atoms with Crippen LogP contribution in [0.5, 0.6) is 0 Å². The zero-order valence-electron chi connectivity index (χ0n) is 20.2. The zero-order valence-corrected chi connectivity index (χ0v) is 21.1. The van der Waals surface area contributed by atoms with Crippen molar-refractivity contribution in [2.24, 2.45) is 0 Å². The summed E-state index contributed by atoms with van der Waals surface area (Å²) in [4.78, 5) is 39.3. The van der Waals surface area contributed by atoms with Gasteiger partial charge in [-0.25, -0.2) is 14.8 Å². The van der Waals surface area contributed by atoms with Crippen molar-refractivity contribution in [3.63, 3.8) is 0 Å². The highest BCUT2D eigenvalue weighted by Gasteiger charge is 2.21. The molecule has 190 valence electrons. The average molecular weight is 507 g/mol. The number of hydrogen-bond donors (Lipinski definition) is 3. The minimum absolute atomic E-state index is 0.00908. The van der Waals surface area contributed by atoms with Crippen LogP contribution in [0.2, 0.25) is 0 Å². The predicted octanol–water partition coefficient (Wildman–Crippen LogP) is 3.29. The summed E-state index contributed by atoms with van der Waals surface area (Å²) in [7, 11) is -0.893. The fourth-order valence-electron chi connectivity index (χ4n) is 3.07. The molecule has 0 unspecified atom stereocenters. The van der Waals surface area contributed by atoms with Gasteiger partial charge in [-0.3, -0.25) is 14.3 Å². The number of H-pyrrole nitrogens is 1. The molecular weight excluding hydrogens is 475 g/mol. The lowest BCUT2D eigenvalue weighted by molar-refractivity contribution is 0.0697. The van der Waals surface area contributed by atoms with E-state index in [0.717, 1.165) is 12.1 Å². The van der Waals surface area contributed by atoms with E-state index in [-0.39, 0.29) is 22.7 Å². The van der Waals surface area contributed by atoms with Crippen LogP contribution >= 0.6 is 7.60 Å². The van der Waals surface area contributed by atoms with Gasteiger partial charge in [-0.05, 0) is 44.5 Å². The van der Waals surface area contributed by atoms with Gasteiger partial charge in [-0.1, -0.05) is 6.92 Å². The van der Waals surface area contributed by atoms with Crippen LogP contribution in [0.4, 0.5) is 11.6 Å². The van der Waals surface area contributed by atoms with Crippen LogP contribution in [-0.2, 0) is 20.2 Å². The number of aromatic nitrogens is 4. The summed E-state index contributed by atoms with van der Waals surface area (Å²) in [6.07, 6.45) is 2.88. The molecule has 4 N–H and O–H groups in total. The monoisotopic (exact) mass is 506 g/mol. The summed E-state index contributed by atoms with van der Waals surface area (Å²) in [6, 6.07) is 6.45. The number of aromatic carboxylic acids is 1. The van der Waals surface area contributed by atoms with Gasteiger partial charge in [0.2, 0.25) is 5.95 Å². The summed E-state index contributed by atoms with van der Waals surface area (Å²) in [5.41, 5.74) is 6.93. The van der Waals surface area contributed by atoms with Gasteiger partial charge >= 0.3 is 13.6 Å². The van der Waals surface area contributed by atoms with Gasteiger partial charge in [-0.2, -0.15) is 4.98 Å². The molecule has 3 rings (SSSR count). The Labute approximate surface area is 203 Å². The van der Waals surface area contributed by atoms with E-state index < -0.39 is 19.1 Å². The standard InChI is InChI=1S/C15H14N6O3.C7H17O3P/c1-21(10-4-2-8(3-5-10)14(23)24)7-9-6-17-12-11(18-9)13(22)20-15(16)19-12;1-4-7-11(8,9-5-2)10-6-3/h2-6H,7H2,1H3,(H,23,24)(H3,16,17,19,20,22);4-7H2,1-3H3. The highest BCUT2D eigenvalue weighted by molar-refractivity contribution is 7.53. The Hall–Kier alpha value is -3.34. The number of nitrogens with zero attached hydrogens (tertiary/aromatic N) is 4. The molecule has 0 amide bonds. The number of anilines is 2. The summed E-state index contributed by atoms with van der Waals surface area (Å²) in [6.45, 7) is 6.90. The molecule has 2 aromatic heterocycles. The van der Waals surface area contributed by atoms with Crippen LogP contribution in [0.25, 0.3) is 11.2 Å². The molecule has 2 heterocycles. The number of benzene rings is 1. The minimum Gasteiger partial charge on any atom is -0.478 e. The number of carboxylic acid groups (broad SMARTS) is 1. The predicted molar refractivity (Wildman–Crippen MR) is 134 cm³/mol. The van der Waals surface area contributed by atoms with Crippen LogP contribution in [0, 0.1) is 0 Å². The lowest BCUT2D eigenvalue weighted by atomic mass is 10.2. The maximum absolute atomic E-state index is 11.9. The van der Waals surface area contributed by atoms with Gasteiger partial charge in [0, 0.05) is 18.9 Å². The molecule has 13 heteroatoms. The molecular formula is C22H31N6O6P. The lowest BCUT2D eigenvalue weighted by Crippen LogP contribution is -2.19. The number of carbonyl (C=O) groups is 1. The van der Waals surface area contributed by atoms with Crippen molar-refractivity contribution < 1.29 is 23.5 Å². The molecule has 3 aromatic rings. The molecule has 35 heavy (non-hydrogen) atoms. The number of nitrogens with two attached hydrogens (primary N) is 1. The highest BCUT2D eigenvalue weighted by atomic mass is 31.2. The normalized spacial score (nSPS) is 11.1. The SMILES string of the molecule is CCCP(=O)(OCC)OCC.CN(Cc1cnc2nc(N)[nH]c(=O)c2n1)c1ccc(C(=O)O)cc1. The largest absolute Gasteiger partial charge is 0.478 e. The molecule has 0 saturated carbocycles. The Morgan fingerprint density at radius 2 is 1.77 bits per heavy atom. The van der Waals surface area contributed by atoms with E-state index in [0.29, 0.717) is 31.6 Å². The van der Waals surface area contributed by atoms with Gasteiger partial charge < -0.3 is 24.8 Å². The van der Waals surface area contributed by atoms with Crippen molar-refractivity contribution in [3.8, 4) is 0 Å². The number of nitrogen functional groups attached to an aromatic ring is 1. The number of nitrogens with one attached hydrogen (secondary N) is 1. The van der Waals surface area contributed by atoms with Crippen molar-refractivity contribution in [3.05, 3.63) is 52.1 Å². The highest BCUT2D eigenvalue weighted by Crippen LogP contribution is 2.48. The van der Waals surface area contributed by atoms with Crippen LogP contribution in [-0.4, -0.2) is 57.4 Å². The second-order valence-corrected chi connectivity index (χ2v) is 9.55. The van der Waals surface area contributed by atoms with Crippen molar-refractivity contribution in [1.82, 2.24) is 19.9 Å². The lowest BCUT2D eigenvalue weighted by Gasteiger charge is -2.18. The van der Waals surface area contributed by atoms with Crippen molar-refractivity contribution in [2.75, 3.05) is 37.1 Å². The average Bonchev–Trinajstić information content (AvgIpc) is 2.80. The third kappa shape index (κ3) is 8.13. The molecule has 0 aliphatic carbocycles. The van der Waals surface area contributed by atoms with Gasteiger partial charge in [0.05, 0.1) is 37.2 Å². The van der Waals surface area contributed by atoms with Crippen molar-refractivity contribution in [1.29, 1.82) is 0 Å². The van der Waals surface area contributed by atoms with Crippen molar-refractivity contribution in [2.45, 2.75) is 33.7 Å². The van der Waals surface area contributed by atoms with Gasteiger partial charge in [-0.15, -0.1) is 0 Å². The fraction of sp³-hybridized carbons (Fsp3) is 0.409. The number of fused-ring (bicyclic) bond motifs is 1. The topological polar surface area (TPSA) is 174 Å². The van der Waals surface area contributed by atoms with E-state index >= 15 is 0 Å². The first-order valence-corrected chi connectivity index (χ1v) is 12.8. The van der Waals surface area contributed by atoms with Gasteiger partial charge in [0.25, 0.3) is 5.56 Å². The second-order valence-electron chi connectivity index (χ2n) is 7.36. The van der Waals surface area contributed by atoms with E-state index in [9.17, 15) is 14.2 Å². The third-order valence-electron chi connectivity index (χ3n) is 4.59. The number of aromatic amines is 1. The smallest absolute Gasteiger partial charge is 0.335 e. The van der Waals surface area contributed by atoms with Gasteiger partial charge in [0.15, 0.2) is 11.2 Å². The number of hydrogen-bond acceptors (Lipinski definition) is 10. The van der Waals surface area contributed by atoms with E-state index in [1.807, 2.05) is 32.7 Å². The molecule has 0 saturated heterocycles. The van der Waals surface area contributed by atoms with E-state index in [4.69, 9.17) is 19.9 Å². The van der Waals surface area contributed by atoms with Crippen LogP contribution in [0.3, 0.4) is 0 Å². The Morgan fingerprint density at radius 1 is 1.14 bits per heavy atom. The van der Waals surface area contributed by atoms with Gasteiger partial charge in [0.1, 0.15) is 0 Å². The van der Waals surface area contributed by atoms with Crippen LogP contribution in [0.1, 0.15) is 43.2 Å². The van der Waals surface area contributed by atoms with E-state index in [2.05, 4.69) is 19.9 Å². The number of carboxylic acids is 1. The Balaban J connectivity index is 0.000000334. The molecule has 0 atom stereocenters. The Bertz CT molecular complexity index is 1210. The quantitative estimate of drug-likeness (QED) is 0.344. The summed E-state index contributed by atoms with van der Waals surface area (Å²) < 4.78 is 21.7. The van der Waals surface area contributed by atoms with Crippen molar-refractivity contribution >= 4 is 36.4 Å². The summed E-state index contributed by atoms with van der Waals surface area (Å²) >= 11 is 0. The van der Waals surface area contributed by atoms with E-state index in [1.54, 1.807) is 12.1 Å². The van der Waals surface area contributed by atoms with Crippen LogP contribution < -0.4 is 16.2 Å². The summed E-state index contributed by atoms with van der Waals surface area (Å²) in [5, 5.41) is 8.92. The first-order valence-electron chi connectivity index (χ1n) is 11.1. The first-order chi connectivity index (χ1) is 16.6. The Morgan fingerprint density at radius 3 is 2.31 bits per heavy atom. The summed E-state index contributed by atoms with van der Waals surface area (Å²) in [5.74, 6) is -0.985. The number of rotatable bonds is 10. The first kappa shape index (κ1) is 27.9. The maximum atomic E-state index is 11.9. The zero-order chi connectivity index (χ0) is 26.0. The molecule has 0 aliphatic heterocycles. The van der Waals surface area contributed by atoms with E-state index in [1.165, 1.54) is 18.3 Å².